The van der Waals surface area contributed by atoms with Gasteiger partial charge in [-0.3, -0.25) is 14.1 Å². The summed E-state index contributed by atoms with van der Waals surface area (Å²) in [5.41, 5.74) is 8.15. The van der Waals surface area contributed by atoms with Gasteiger partial charge in [0.15, 0.2) is 11.6 Å². The highest BCUT2D eigenvalue weighted by Gasteiger charge is 2.33. The fourth-order valence-corrected chi connectivity index (χ4v) is 5.20. The minimum Gasteiger partial charge on any atom is -0.497 e. The molecule has 2 heterocycles. The zero-order valence-electron chi connectivity index (χ0n) is 23.0. The van der Waals surface area contributed by atoms with Gasteiger partial charge in [0, 0.05) is 43.4 Å². The fraction of sp³-hybridized carbons (Fsp3) is 0.241. The average molecular weight is 591 g/mol. The normalized spacial score (nSPS) is 13.7. The Morgan fingerprint density at radius 1 is 1.02 bits per heavy atom. The molecule has 218 valence electrons. The van der Waals surface area contributed by atoms with Gasteiger partial charge >= 0.3 is 0 Å². The lowest BCUT2D eigenvalue weighted by atomic mass is 9.98. The number of nitrogens with one attached hydrogen (secondary N) is 1. The predicted molar refractivity (Wildman–Crippen MR) is 159 cm³/mol. The number of nitrogens with two attached hydrogens (primary N) is 1. The number of amides is 2. The van der Waals surface area contributed by atoms with E-state index < -0.39 is 17.2 Å². The lowest BCUT2D eigenvalue weighted by molar-refractivity contribution is -0.141. The Kier molecular flexibility index (Phi) is 8.50. The van der Waals surface area contributed by atoms with Gasteiger partial charge in [-0.15, -0.1) is 0 Å². The molecule has 1 fully saturated rings. The topological polar surface area (TPSA) is 160 Å². The molecule has 0 spiro atoms. The van der Waals surface area contributed by atoms with E-state index >= 15 is 0 Å². The van der Waals surface area contributed by atoms with Crippen molar-refractivity contribution in [2.75, 3.05) is 36.9 Å². The third-order valence-corrected chi connectivity index (χ3v) is 7.62. The van der Waals surface area contributed by atoms with Crippen LogP contribution in [0.2, 0.25) is 0 Å². The number of carbonyl (C=O) groups excluding carboxylic acids is 2. The number of primary amides is 1. The van der Waals surface area contributed by atoms with Crippen LogP contribution < -0.4 is 24.8 Å². The molecule has 3 aromatic carbocycles. The van der Waals surface area contributed by atoms with Crippen LogP contribution in [0.1, 0.15) is 12.0 Å². The van der Waals surface area contributed by atoms with Crippen LogP contribution in [0.4, 0.5) is 23.0 Å². The number of rotatable bonds is 11. The van der Waals surface area contributed by atoms with Crippen LogP contribution in [-0.4, -0.2) is 62.8 Å². The number of anilines is 4. The number of hydrogen-bond donors (Lipinski definition) is 3. The Morgan fingerprint density at radius 2 is 1.69 bits per heavy atom. The number of methoxy groups -OCH3 is 2. The monoisotopic (exact) mass is 590 g/mol. The smallest absolute Gasteiger partial charge is 0.268 e. The highest BCUT2D eigenvalue weighted by atomic mass is 32.2. The van der Waals surface area contributed by atoms with Crippen LogP contribution in [0.5, 0.6) is 11.5 Å². The number of benzene rings is 3. The summed E-state index contributed by atoms with van der Waals surface area (Å²) >= 11 is -2.54. The summed E-state index contributed by atoms with van der Waals surface area (Å²) in [5.74, 6) is 0.646. The van der Waals surface area contributed by atoms with Crippen molar-refractivity contribution in [3.63, 3.8) is 0 Å². The summed E-state index contributed by atoms with van der Waals surface area (Å²) in [6, 6.07) is 19.4. The molecular formula is C29H30N6O6S. The highest BCUT2D eigenvalue weighted by Crippen LogP contribution is 2.36. The predicted octanol–water partition coefficient (Wildman–Crippen LogP) is 3.54. The number of ether oxygens (including phenoxy) is 2. The standard InChI is InChI=1S/C29H30N6O6S/c1-40-22-13-20(14-23(15-22)41-2)31-28-29(33-25-9-4-3-8-24(25)32-28)35(42(38)39)21-7-5-6-18(12-21)10-11-26(36)34-16-19(17-34)27(30)37/h3-9,12-15,19H,10-11,16-17H2,1-2H3,(H2,30,37)(H,31,32)(H,38,39). The van der Waals surface area contributed by atoms with Crippen molar-refractivity contribution in [3.8, 4) is 11.5 Å². The van der Waals surface area contributed by atoms with E-state index in [9.17, 15) is 18.4 Å². The first-order valence-corrected chi connectivity index (χ1v) is 14.2. The summed E-state index contributed by atoms with van der Waals surface area (Å²) in [6.45, 7) is 0.669. The third kappa shape index (κ3) is 6.26. The quantitative estimate of drug-likeness (QED) is 0.222. The van der Waals surface area contributed by atoms with E-state index in [2.05, 4.69) is 5.32 Å². The van der Waals surface area contributed by atoms with E-state index in [0.29, 0.717) is 53.4 Å². The first-order chi connectivity index (χ1) is 20.2. The molecule has 1 unspecified atom stereocenters. The number of aryl methyl sites for hydroxylation is 1. The maximum atomic E-state index is 12.8. The first-order valence-electron chi connectivity index (χ1n) is 13.1. The Balaban J connectivity index is 1.46. The molecule has 5 rings (SSSR count). The Labute approximate surface area is 244 Å². The second kappa shape index (κ2) is 12.4. The highest BCUT2D eigenvalue weighted by molar-refractivity contribution is 7.81. The van der Waals surface area contributed by atoms with Gasteiger partial charge in [-0.1, -0.05) is 24.3 Å². The Bertz CT molecular complexity index is 1640. The molecule has 42 heavy (non-hydrogen) atoms. The zero-order valence-corrected chi connectivity index (χ0v) is 23.8. The van der Waals surface area contributed by atoms with Gasteiger partial charge in [-0.25, -0.2) is 18.5 Å². The molecular weight excluding hydrogens is 560 g/mol. The van der Waals surface area contributed by atoms with Crippen molar-refractivity contribution < 1.29 is 27.8 Å². The van der Waals surface area contributed by atoms with Crippen molar-refractivity contribution >= 4 is 57.1 Å². The molecule has 0 aliphatic carbocycles. The maximum absolute atomic E-state index is 12.8. The molecule has 4 N–H and O–H groups in total. The summed E-state index contributed by atoms with van der Waals surface area (Å²) < 4.78 is 35.3. The Hall–Kier alpha value is -4.75. The molecule has 0 bridgehead atoms. The second-order valence-electron chi connectivity index (χ2n) is 9.70. The number of hydrogen-bond acceptors (Lipinski definition) is 8. The van der Waals surface area contributed by atoms with Crippen LogP contribution in [0, 0.1) is 5.92 Å². The van der Waals surface area contributed by atoms with Crippen LogP contribution in [0.25, 0.3) is 11.0 Å². The number of carbonyl (C=O) groups is 2. The van der Waals surface area contributed by atoms with Crippen LogP contribution in [0.15, 0.2) is 66.7 Å². The van der Waals surface area contributed by atoms with Crippen molar-refractivity contribution in [3.05, 3.63) is 72.3 Å². The lowest BCUT2D eigenvalue weighted by Gasteiger charge is -2.37. The molecule has 1 aliphatic rings. The minimum absolute atomic E-state index is 0.0823. The molecule has 1 aromatic heterocycles. The van der Waals surface area contributed by atoms with E-state index in [4.69, 9.17) is 25.2 Å². The molecule has 4 aromatic rings. The van der Waals surface area contributed by atoms with Crippen LogP contribution >= 0.6 is 0 Å². The van der Waals surface area contributed by atoms with E-state index in [1.165, 1.54) is 0 Å². The summed E-state index contributed by atoms with van der Waals surface area (Å²) in [7, 11) is 3.08. The van der Waals surface area contributed by atoms with Crippen molar-refractivity contribution in [1.29, 1.82) is 0 Å². The molecule has 1 aliphatic heterocycles. The average Bonchev–Trinajstić information content (AvgIpc) is 2.95. The van der Waals surface area contributed by atoms with Gasteiger partial charge in [-0.05, 0) is 36.2 Å². The lowest BCUT2D eigenvalue weighted by Crippen LogP contribution is -2.54. The number of aromatic nitrogens is 2. The van der Waals surface area contributed by atoms with E-state index in [-0.39, 0.29) is 29.9 Å². The van der Waals surface area contributed by atoms with Crippen LogP contribution in [0.3, 0.4) is 0 Å². The molecule has 12 nitrogen and oxygen atoms in total. The summed E-state index contributed by atoms with van der Waals surface area (Å²) in [6.07, 6.45) is 0.617. The number of likely N-dealkylation sites (tertiary alicyclic amines) is 1. The molecule has 1 atom stereocenters. The number of para-hydroxylation sites is 2. The van der Waals surface area contributed by atoms with Gasteiger partial charge in [0.2, 0.25) is 11.8 Å². The fourth-order valence-electron chi connectivity index (χ4n) is 4.63. The van der Waals surface area contributed by atoms with Crippen LogP contribution in [-0.2, 0) is 27.3 Å². The molecule has 1 saturated heterocycles. The van der Waals surface area contributed by atoms with Gasteiger partial charge in [0.1, 0.15) is 11.5 Å². The van der Waals surface area contributed by atoms with Gasteiger partial charge in [-0.2, -0.15) is 0 Å². The van der Waals surface area contributed by atoms with E-state index in [0.717, 1.165) is 9.87 Å². The van der Waals surface area contributed by atoms with Crippen molar-refractivity contribution in [2.24, 2.45) is 11.7 Å². The van der Waals surface area contributed by atoms with Gasteiger partial charge in [0.05, 0.1) is 36.9 Å². The van der Waals surface area contributed by atoms with E-state index in [1.807, 2.05) is 18.2 Å². The number of nitrogens with zero attached hydrogens (tertiary/aromatic N) is 4. The third-order valence-electron chi connectivity index (χ3n) is 6.92. The van der Waals surface area contributed by atoms with E-state index in [1.54, 1.807) is 67.7 Å². The Morgan fingerprint density at radius 3 is 2.31 bits per heavy atom. The van der Waals surface area contributed by atoms with Crippen molar-refractivity contribution in [2.45, 2.75) is 12.8 Å². The molecule has 2 amide bonds. The van der Waals surface area contributed by atoms with Gasteiger partial charge < -0.3 is 25.4 Å². The maximum Gasteiger partial charge on any atom is 0.268 e. The largest absolute Gasteiger partial charge is 0.497 e. The molecule has 0 saturated carbocycles. The zero-order chi connectivity index (χ0) is 29.8. The first kappa shape index (κ1) is 28.8. The summed E-state index contributed by atoms with van der Waals surface area (Å²) in [5, 5.41) is 3.21. The number of fused-ring (bicyclic) bond motifs is 1. The second-order valence-corrected chi connectivity index (χ2v) is 10.5. The molecule has 13 heteroatoms. The van der Waals surface area contributed by atoms with Crippen molar-refractivity contribution in [1.82, 2.24) is 14.9 Å². The van der Waals surface area contributed by atoms with Gasteiger partial charge in [0.25, 0.3) is 11.3 Å². The summed E-state index contributed by atoms with van der Waals surface area (Å²) in [4.78, 5) is 34.9. The SMILES string of the molecule is COc1cc(Nc2nc3ccccc3nc2N(c2cccc(CCC(=O)N3CC(C(N)=O)C3)c2)S(=O)O)cc(OC)c1. The minimum atomic E-state index is -2.54. The molecule has 0 radical (unpaired) electrons.